The zero-order valence-electron chi connectivity index (χ0n) is 9.56. The molecule has 0 heterocycles. The third kappa shape index (κ3) is 5.61. The molecular weight excluding hydrogens is 174 g/mol. The van der Waals surface area contributed by atoms with Crippen LogP contribution in [0, 0.1) is 0 Å². The number of rotatable bonds is 8. The van der Waals surface area contributed by atoms with Crippen molar-refractivity contribution in [1.29, 1.82) is 0 Å². The van der Waals surface area contributed by atoms with Gasteiger partial charge in [-0.2, -0.15) is 0 Å². The quantitative estimate of drug-likeness (QED) is 0.607. The SMILES string of the molecule is CCCCCNCCOC1CCCC1. The zero-order chi connectivity index (χ0) is 10.1. The standard InChI is InChI=1S/C12H25NO/c1-2-3-6-9-13-10-11-14-12-7-4-5-8-12/h12-13H,2-11H2,1H3. The topological polar surface area (TPSA) is 21.3 Å². The van der Waals surface area contributed by atoms with E-state index in [1.807, 2.05) is 0 Å². The first kappa shape index (κ1) is 12.0. The van der Waals surface area contributed by atoms with Crippen molar-refractivity contribution < 1.29 is 4.74 Å². The van der Waals surface area contributed by atoms with E-state index in [0.29, 0.717) is 6.10 Å². The second kappa shape index (κ2) is 8.25. The molecule has 84 valence electrons. The van der Waals surface area contributed by atoms with Crippen LogP contribution in [0.5, 0.6) is 0 Å². The molecule has 1 aliphatic carbocycles. The average molecular weight is 199 g/mol. The van der Waals surface area contributed by atoms with Gasteiger partial charge >= 0.3 is 0 Å². The molecule has 1 N–H and O–H groups in total. The van der Waals surface area contributed by atoms with E-state index in [1.54, 1.807) is 0 Å². The third-order valence-electron chi connectivity index (χ3n) is 2.89. The second-order valence-corrected chi connectivity index (χ2v) is 4.23. The lowest BCUT2D eigenvalue weighted by atomic mass is 10.2. The summed E-state index contributed by atoms with van der Waals surface area (Å²) in [7, 11) is 0. The maximum atomic E-state index is 5.75. The summed E-state index contributed by atoms with van der Waals surface area (Å²) in [6.07, 6.45) is 9.85. The van der Waals surface area contributed by atoms with Crippen LogP contribution in [0.2, 0.25) is 0 Å². The Morgan fingerprint density at radius 2 is 1.93 bits per heavy atom. The summed E-state index contributed by atoms with van der Waals surface area (Å²) in [5.41, 5.74) is 0. The van der Waals surface area contributed by atoms with Crippen molar-refractivity contribution in [3.8, 4) is 0 Å². The second-order valence-electron chi connectivity index (χ2n) is 4.23. The first-order chi connectivity index (χ1) is 6.93. The lowest BCUT2D eigenvalue weighted by molar-refractivity contribution is 0.0604. The molecule has 1 aliphatic rings. The maximum absolute atomic E-state index is 5.75. The summed E-state index contributed by atoms with van der Waals surface area (Å²) >= 11 is 0. The van der Waals surface area contributed by atoms with E-state index in [4.69, 9.17) is 4.74 Å². The Morgan fingerprint density at radius 1 is 1.14 bits per heavy atom. The van der Waals surface area contributed by atoms with Gasteiger partial charge in [0, 0.05) is 6.54 Å². The Bertz CT molecular complexity index is 121. The molecule has 1 fully saturated rings. The number of ether oxygens (including phenoxy) is 1. The highest BCUT2D eigenvalue weighted by Crippen LogP contribution is 2.20. The van der Waals surface area contributed by atoms with Crippen LogP contribution in [0.1, 0.15) is 51.9 Å². The first-order valence-electron chi connectivity index (χ1n) is 6.26. The zero-order valence-corrected chi connectivity index (χ0v) is 9.56. The van der Waals surface area contributed by atoms with Crippen molar-refractivity contribution in [2.75, 3.05) is 19.7 Å². The fraction of sp³-hybridized carbons (Fsp3) is 1.00. The van der Waals surface area contributed by atoms with Gasteiger partial charge in [0.15, 0.2) is 0 Å². The molecule has 0 atom stereocenters. The highest BCUT2D eigenvalue weighted by Gasteiger charge is 2.14. The summed E-state index contributed by atoms with van der Waals surface area (Å²) in [5.74, 6) is 0. The van der Waals surface area contributed by atoms with Crippen LogP contribution in [0.25, 0.3) is 0 Å². The summed E-state index contributed by atoms with van der Waals surface area (Å²) in [5, 5.41) is 3.42. The van der Waals surface area contributed by atoms with Crippen molar-refractivity contribution in [3.63, 3.8) is 0 Å². The van der Waals surface area contributed by atoms with Gasteiger partial charge in [-0.3, -0.25) is 0 Å². The van der Waals surface area contributed by atoms with Crippen LogP contribution in [0.3, 0.4) is 0 Å². The van der Waals surface area contributed by atoms with Gasteiger partial charge in [0.1, 0.15) is 0 Å². The number of nitrogens with one attached hydrogen (secondary N) is 1. The third-order valence-corrected chi connectivity index (χ3v) is 2.89. The number of unbranched alkanes of at least 4 members (excludes halogenated alkanes) is 2. The van der Waals surface area contributed by atoms with Crippen LogP contribution in [0.4, 0.5) is 0 Å². The average Bonchev–Trinajstić information content (AvgIpc) is 2.69. The Hall–Kier alpha value is -0.0800. The van der Waals surface area contributed by atoms with Gasteiger partial charge in [-0.05, 0) is 25.8 Å². The van der Waals surface area contributed by atoms with Gasteiger partial charge < -0.3 is 10.1 Å². The summed E-state index contributed by atoms with van der Waals surface area (Å²) in [6.45, 7) is 5.32. The summed E-state index contributed by atoms with van der Waals surface area (Å²) < 4.78 is 5.75. The highest BCUT2D eigenvalue weighted by atomic mass is 16.5. The Kier molecular flexibility index (Phi) is 7.06. The van der Waals surface area contributed by atoms with Crippen LogP contribution in [-0.4, -0.2) is 25.8 Å². The minimum Gasteiger partial charge on any atom is -0.377 e. The fourth-order valence-electron chi connectivity index (χ4n) is 1.98. The summed E-state index contributed by atoms with van der Waals surface area (Å²) in [6, 6.07) is 0. The van der Waals surface area contributed by atoms with Crippen molar-refractivity contribution in [3.05, 3.63) is 0 Å². The molecule has 0 aromatic heterocycles. The molecule has 0 aromatic carbocycles. The molecule has 14 heavy (non-hydrogen) atoms. The lowest BCUT2D eigenvalue weighted by Crippen LogP contribution is -2.23. The smallest absolute Gasteiger partial charge is 0.0594 e. The molecule has 2 heteroatoms. The molecule has 2 nitrogen and oxygen atoms in total. The van der Waals surface area contributed by atoms with Gasteiger partial charge in [0.05, 0.1) is 12.7 Å². The van der Waals surface area contributed by atoms with Gasteiger partial charge in [-0.25, -0.2) is 0 Å². The van der Waals surface area contributed by atoms with E-state index in [-0.39, 0.29) is 0 Å². The van der Waals surface area contributed by atoms with E-state index in [2.05, 4.69) is 12.2 Å². The molecular formula is C12H25NO. The molecule has 0 radical (unpaired) electrons. The Balaban J connectivity index is 1.75. The van der Waals surface area contributed by atoms with Gasteiger partial charge in [0.2, 0.25) is 0 Å². The largest absolute Gasteiger partial charge is 0.377 e. The van der Waals surface area contributed by atoms with Crippen molar-refractivity contribution in [2.24, 2.45) is 0 Å². The molecule has 0 spiro atoms. The summed E-state index contributed by atoms with van der Waals surface area (Å²) in [4.78, 5) is 0. The van der Waals surface area contributed by atoms with E-state index in [0.717, 1.165) is 19.7 Å². The molecule has 1 saturated carbocycles. The number of hydrogen-bond donors (Lipinski definition) is 1. The van der Waals surface area contributed by atoms with Gasteiger partial charge in [-0.1, -0.05) is 32.6 Å². The fourth-order valence-corrected chi connectivity index (χ4v) is 1.98. The van der Waals surface area contributed by atoms with Gasteiger partial charge in [0.25, 0.3) is 0 Å². The Morgan fingerprint density at radius 3 is 2.64 bits per heavy atom. The molecule has 0 aliphatic heterocycles. The molecule has 0 unspecified atom stereocenters. The van der Waals surface area contributed by atoms with E-state index in [9.17, 15) is 0 Å². The van der Waals surface area contributed by atoms with E-state index >= 15 is 0 Å². The minimum absolute atomic E-state index is 0.576. The number of hydrogen-bond acceptors (Lipinski definition) is 2. The van der Waals surface area contributed by atoms with Crippen LogP contribution in [-0.2, 0) is 4.74 Å². The lowest BCUT2D eigenvalue weighted by Gasteiger charge is -2.11. The van der Waals surface area contributed by atoms with E-state index in [1.165, 1.54) is 44.9 Å². The monoisotopic (exact) mass is 199 g/mol. The molecule has 0 amide bonds. The normalized spacial score (nSPS) is 17.8. The van der Waals surface area contributed by atoms with Gasteiger partial charge in [-0.15, -0.1) is 0 Å². The highest BCUT2D eigenvalue weighted by molar-refractivity contribution is 4.66. The molecule has 1 rings (SSSR count). The molecule has 0 saturated heterocycles. The predicted octanol–water partition coefficient (Wildman–Crippen LogP) is 2.73. The molecule has 0 bridgehead atoms. The first-order valence-corrected chi connectivity index (χ1v) is 6.26. The van der Waals surface area contributed by atoms with E-state index < -0.39 is 0 Å². The van der Waals surface area contributed by atoms with Crippen molar-refractivity contribution in [1.82, 2.24) is 5.32 Å². The van der Waals surface area contributed by atoms with Crippen LogP contribution >= 0.6 is 0 Å². The Labute approximate surface area is 88.4 Å². The van der Waals surface area contributed by atoms with Crippen molar-refractivity contribution >= 4 is 0 Å². The van der Waals surface area contributed by atoms with Crippen molar-refractivity contribution in [2.45, 2.75) is 58.0 Å². The maximum Gasteiger partial charge on any atom is 0.0594 e. The predicted molar refractivity (Wildman–Crippen MR) is 60.6 cm³/mol. The molecule has 0 aromatic rings. The van der Waals surface area contributed by atoms with Crippen LogP contribution < -0.4 is 5.32 Å². The minimum atomic E-state index is 0.576. The van der Waals surface area contributed by atoms with Crippen LogP contribution in [0.15, 0.2) is 0 Å².